The number of ether oxygens (including phenoxy) is 1. The van der Waals surface area contributed by atoms with E-state index in [2.05, 4.69) is 17.1 Å². The third-order valence-electron chi connectivity index (χ3n) is 3.08. The van der Waals surface area contributed by atoms with Crippen molar-refractivity contribution in [2.45, 2.75) is 32.9 Å². The van der Waals surface area contributed by atoms with Gasteiger partial charge in [0.1, 0.15) is 11.8 Å². The minimum absolute atomic E-state index is 0.597. The second-order valence-electron chi connectivity index (χ2n) is 4.56. The molecule has 0 aliphatic carbocycles. The Labute approximate surface area is 112 Å². The van der Waals surface area contributed by atoms with Gasteiger partial charge in [-0.25, -0.2) is 0 Å². The second-order valence-corrected chi connectivity index (χ2v) is 4.56. The van der Waals surface area contributed by atoms with Crippen LogP contribution in [0.1, 0.15) is 36.5 Å². The maximum absolute atomic E-state index is 10.6. The number of aliphatic hydroxyl groups is 1. The first kappa shape index (κ1) is 13.6. The summed E-state index contributed by atoms with van der Waals surface area (Å²) in [5, 5.41) is 19.1. The zero-order chi connectivity index (χ0) is 14.0. The van der Waals surface area contributed by atoms with E-state index in [-0.39, 0.29) is 0 Å². The lowest BCUT2D eigenvalue weighted by Crippen LogP contribution is -2.14. The molecule has 0 aliphatic rings. The fourth-order valence-electron chi connectivity index (χ4n) is 2.23. The first-order valence-corrected chi connectivity index (χ1v) is 6.36. The molecule has 2 aromatic heterocycles. The van der Waals surface area contributed by atoms with Crippen LogP contribution in [0.15, 0.2) is 12.3 Å². The number of methoxy groups -OCH3 is 1. The predicted molar refractivity (Wildman–Crippen MR) is 71.1 cm³/mol. The van der Waals surface area contributed by atoms with Crippen LogP contribution in [0.3, 0.4) is 0 Å². The number of nitrogens with zero attached hydrogens (tertiary/aromatic N) is 4. The van der Waals surface area contributed by atoms with Gasteiger partial charge in [0.2, 0.25) is 0 Å². The molecule has 0 aromatic carbocycles. The summed E-state index contributed by atoms with van der Waals surface area (Å²) in [4.78, 5) is 0. The van der Waals surface area contributed by atoms with Gasteiger partial charge in [-0.15, -0.1) is 0 Å². The zero-order valence-electron chi connectivity index (χ0n) is 11.8. The lowest BCUT2D eigenvalue weighted by atomic mass is 10.1. The van der Waals surface area contributed by atoms with Crippen LogP contribution < -0.4 is 4.74 Å². The molecule has 2 rings (SSSR count). The second kappa shape index (κ2) is 5.44. The molecule has 1 N–H and O–H groups in total. The third kappa shape index (κ3) is 2.49. The molecule has 0 saturated heterocycles. The Kier molecular flexibility index (Phi) is 3.90. The minimum Gasteiger partial charge on any atom is -0.493 e. The summed E-state index contributed by atoms with van der Waals surface area (Å²) in [6.45, 7) is 4.71. The van der Waals surface area contributed by atoms with Gasteiger partial charge in [-0.1, -0.05) is 6.92 Å². The van der Waals surface area contributed by atoms with E-state index < -0.39 is 6.10 Å². The summed E-state index contributed by atoms with van der Waals surface area (Å²) in [6, 6.07) is 1.87. The predicted octanol–water partition coefficient (Wildman–Crippen LogP) is 1.43. The monoisotopic (exact) mass is 264 g/mol. The van der Waals surface area contributed by atoms with Crippen LogP contribution in [0.2, 0.25) is 0 Å². The number of aryl methyl sites for hydroxylation is 3. The summed E-state index contributed by atoms with van der Waals surface area (Å²) in [5.74, 6) is 0.597. The molecule has 0 spiro atoms. The average molecular weight is 264 g/mol. The number of aromatic nitrogens is 4. The molecule has 0 saturated carbocycles. The zero-order valence-corrected chi connectivity index (χ0v) is 11.8. The van der Waals surface area contributed by atoms with Crippen molar-refractivity contribution in [1.82, 2.24) is 19.6 Å². The van der Waals surface area contributed by atoms with E-state index in [1.807, 2.05) is 20.0 Å². The molecule has 0 amide bonds. The van der Waals surface area contributed by atoms with E-state index in [1.54, 1.807) is 22.7 Å². The van der Waals surface area contributed by atoms with Gasteiger partial charge >= 0.3 is 0 Å². The van der Waals surface area contributed by atoms with E-state index >= 15 is 0 Å². The lowest BCUT2D eigenvalue weighted by Gasteiger charge is -2.14. The highest BCUT2D eigenvalue weighted by Crippen LogP contribution is 2.30. The molecule has 0 bridgehead atoms. The van der Waals surface area contributed by atoms with Crippen molar-refractivity contribution in [1.29, 1.82) is 0 Å². The Hall–Kier alpha value is -1.82. The molecule has 0 radical (unpaired) electrons. The summed E-state index contributed by atoms with van der Waals surface area (Å²) in [7, 11) is 3.40. The van der Waals surface area contributed by atoms with Gasteiger partial charge in [0.05, 0.1) is 24.7 Å². The van der Waals surface area contributed by atoms with Crippen LogP contribution in [-0.4, -0.2) is 31.8 Å². The number of hydrogen-bond acceptors (Lipinski definition) is 4. The van der Waals surface area contributed by atoms with Crippen molar-refractivity contribution in [2.75, 3.05) is 7.11 Å². The number of aliphatic hydroxyl groups excluding tert-OH is 1. The van der Waals surface area contributed by atoms with E-state index in [1.165, 1.54) is 0 Å². The van der Waals surface area contributed by atoms with Crippen LogP contribution in [-0.2, 0) is 13.6 Å². The molecule has 1 unspecified atom stereocenters. The largest absolute Gasteiger partial charge is 0.493 e. The Morgan fingerprint density at radius 2 is 2.21 bits per heavy atom. The third-order valence-corrected chi connectivity index (χ3v) is 3.08. The van der Waals surface area contributed by atoms with Crippen molar-refractivity contribution in [3.8, 4) is 5.75 Å². The summed E-state index contributed by atoms with van der Waals surface area (Å²) in [6.07, 6.45) is 1.78. The van der Waals surface area contributed by atoms with Crippen LogP contribution in [0.5, 0.6) is 5.75 Å². The average Bonchev–Trinajstić information content (AvgIpc) is 2.92. The van der Waals surface area contributed by atoms with Gasteiger partial charge < -0.3 is 9.84 Å². The molecule has 6 nitrogen and oxygen atoms in total. The van der Waals surface area contributed by atoms with Gasteiger partial charge in [-0.2, -0.15) is 10.2 Å². The highest BCUT2D eigenvalue weighted by Gasteiger charge is 2.24. The molecule has 0 fully saturated rings. The van der Waals surface area contributed by atoms with E-state index in [0.717, 1.165) is 24.4 Å². The maximum Gasteiger partial charge on any atom is 0.163 e. The van der Waals surface area contributed by atoms with Gasteiger partial charge in [0.15, 0.2) is 5.75 Å². The Morgan fingerprint density at radius 1 is 1.47 bits per heavy atom. The molecule has 6 heteroatoms. The van der Waals surface area contributed by atoms with Gasteiger partial charge in [0, 0.05) is 13.6 Å². The highest BCUT2D eigenvalue weighted by molar-refractivity contribution is 5.33. The highest BCUT2D eigenvalue weighted by atomic mass is 16.5. The number of rotatable bonds is 5. The standard InChI is InChI=1S/C13H20N4O2/c1-5-6-17-12(11(19-4)8-14-17)13(18)10-7-9(2)15-16(10)3/h7-8,13,18H,5-6H2,1-4H3. The molecule has 2 aromatic rings. The molecule has 1 atom stereocenters. The van der Waals surface area contributed by atoms with Crippen molar-refractivity contribution < 1.29 is 9.84 Å². The van der Waals surface area contributed by atoms with Crippen LogP contribution in [0.4, 0.5) is 0 Å². The molecule has 19 heavy (non-hydrogen) atoms. The van der Waals surface area contributed by atoms with Crippen LogP contribution in [0, 0.1) is 6.92 Å². The van der Waals surface area contributed by atoms with Gasteiger partial charge in [-0.05, 0) is 19.4 Å². The lowest BCUT2D eigenvalue weighted by molar-refractivity contribution is 0.192. The first-order chi connectivity index (χ1) is 9.08. The molecule has 2 heterocycles. The fraction of sp³-hybridized carbons (Fsp3) is 0.538. The summed E-state index contributed by atoms with van der Waals surface area (Å²) in [5.41, 5.74) is 2.28. The van der Waals surface area contributed by atoms with Crippen molar-refractivity contribution in [2.24, 2.45) is 7.05 Å². The minimum atomic E-state index is -0.796. The van der Waals surface area contributed by atoms with E-state index in [9.17, 15) is 5.11 Å². The SMILES string of the molecule is CCCn1ncc(OC)c1C(O)c1cc(C)nn1C. The molecule has 0 aliphatic heterocycles. The topological polar surface area (TPSA) is 65.1 Å². The Morgan fingerprint density at radius 3 is 2.74 bits per heavy atom. The van der Waals surface area contributed by atoms with E-state index in [4.69, 9.17) is 4.74 Å². The summed E-state index contributed by atoms with van der Waals surface area (Å²) >= 11 is 0. The van der Waals surface area contributed by atoms with Crippen LogP contribution in [0.25, 0.3) is 0 Å². The van der Waals surface area contributed by atoms with Crippen LogP contribution >= 0.6 is 0 Å². The summed E-state index contributed by atoms with van der Waals surface area (Å²) < 4.78 is 8.76. The molecular formula is C13H20N4O2. The number of hydrogen-bond donors (Lipinski definition) is 1. The molecular weight excluding hydrogens is 244 g/mol. The normalized spacial score (nSPS) is 12.7. The fourth-order valence-corrected chi connectivity index (χ4v) is 2.23. The van der Waals surface area contributed by atoms with E-state index in [0.29, 0.717) is 11.4 Å². The first-order valence-electron chi connectivity index (χ1n) is 6.36. The van der Waals surface area contributed by atoms with Crippen molar-refractivity contribution >= 4 is 0 Å². The van der Waals surface area contributed by atoms with Gasteiger partial charge in [0.25, 0.3) is 0 Å². The smallest absolute Gasteiger partial charge is 0.163 e. The van der Waals surface area contributed by atoms with Crippen molar-refractivity contribution in [3.63, 3.8) is 0 Å². The quantitative estimate of drug-likeness (QED) is 0.887. The maximum atomic E-state index is 10.6. The van der Waals surface area contributed by atoms with Gasteiger partial charge in [-0.3, -0.25) is 9.36 Å². The Bertz CT molecular complexity index is 559. The Balaban J connectivity index is 2.44. The van der Waals surface area contributed by atoms with Crippen molar-refractivity contribution in [3.05, 3.63) is 29.3 Å². The molecule has 104 valence electrons.